The molecule has 0 saturated heterocycles. The number of aromatic amines is 1. The van der Waals surface area contributed by atoms with E-state index in [4.69, 9.17) is 4.74 Å². The number of aryl methyl sites for hydroxylation is 1. The van der Waals surface area contributed by atoms with Crippen molar-refractivity contribution in [3.05, 3.63) is 53.6 Å². The summed E-state index contributed by atoms with van der Waals surface area (Å²) in [4.78, 5) is 16.4. The van der Waals surface area contributed by atoms with E-state index in [0.717, 1.165) is 51.9 Å². The second-order valence-corrected chi connectivity index (χ2v) is 6.26. The Balaban J connectivity index is 2.02. The highest BCUT2D eigenvalue weighted by Gasteiger charge is 2.34. The SMILES string of the molecule is COc1ccccc1-c1[nH]c2ccc(C)cc2c1C(=O)C1CC1. The fourth-order valence-corrected chi connectivity index (χ4v) is 3.16. The van der Waals surface area contributed by atoms with Crippen molar-refractivity contribution in [2.75, 3.05) is 7.11 Å². The number of hydrogen-bond acceptors (Lipinski definition) is 2. The standard InChI is InChI=1S/C20H19NO2/c1-12-7-10-16-15(11-12)18(20(22)13-8-9-13)19(21-16)14-5-3-4-6-17(14)23-2/h3-7,10-11,13,21H,8-9H2,1-2H3. The molecule has 0 aliphatic heterocycles. The number of hydrogen-bond donors (Lipinski definition) is 1. The normalized spacial score (nSPS) is 14.2. The van der Waals surface area contributed by atoms with Crippen molar-refractivity contribution in [1.29, 1.82) is 0 Å². The van der Waals surface area contributed by atoms with Crippen molar-refractivity contribution in [1.82, 2.24) is 4.98 Å². The van der Waals surface area contributed by atoms with Crippen molar-refractivity contribution < 1.29 is 9.53 Å². The van der Waals surface area contributed by atoms with Crippen molar-refractivity contribution in [2.45, 2.75) is 19.8 Å². The van der Waals surface area contributed by atoms with Crippen LogP contribution in [0.25, 0.3) is 22.2 Å². The molecule has 1 saturated carbocycles. The predicted molar refractivity (Wildman–Crippen MR) is 92.1 cm³/mol. The minimum atomic E-state index is 0.183. The van der Waals surface area contributed by atoms with E-state index in [1.165, 1.54) is 0 Å². The average Bonchev–Trinajstić information content (AvgIpc) is 3.35. The number of ether oxygens (including phenoxy) is 1. The van der Waals surface area contributed by atoms with Gasteiger partial charge in [-0.25, -0.2) is 0 Å². The van der Waals surface area contributed by atoms with Gasteiger partial charge >= 0.3 is 0 Å². The van der Waals surface area contributed by atoms with Gasteiger partial charge in [-0.1, -0.05) is 23.8 Å². The number of methoxy groups -OCH3 is 1. The lowest BCUT2D eigenvalue weighted by Gasteiger charge is -2.09. The van der Waals surface area contributed by atoms with Crippen molar-refractivity contribution in [3.8, 4) is 17.0 Å². The first-order chi connectivity index (χ1) is 11.2. The number of Topliss-reactive ketones (excluding diaryl/α,β-unsaturated/α-hetero) is 1. The number of fused-ring (bicyclic) bond motifs is 1. The molecular weight excluding hydrogens is 286 g/mol. The van der Waals surface area contributed by atoms with Gasteiger partial charge < -0.3 is 9.72 Å². The molecule has 3 heteroatoms. The maximum absolute atomic E-state index is 12.9. The second kappa shape index (κ2) is 5.27. The number of carbonyl (C=O) groups is 1. The number of H-pyrrole nitrogens is 1. The third kappa shape index (κ3) is 2.33. The van der Waals surface area contributed by atoms with Crippen LogP contribution in [0.15, 0.2) is 42.5 Å². The number of benzene rings is 2. The molecule has 1 aliphatic carbocycles. The van der Waals surface area contributed by atoms with Crippen molar-refractivity contribution in [2.24, 2.45) is 5.92 Å². The number of rotatable bonds is 4. The van der Waals surface area contributed by atoms with Gasteiger partial charge in [-0.05, 0) is 44.0 Å². The molecule has 0 spiro atoms. The number of aromatic nitrogens is 1. The largest absolute Gasteiger partial charge is 0.496 e. The molecule has 1 N–H and O–H groups in total. The number of nitrogens with one attached hydrogen (secondary N) is 1. The van der Waals surface area contributed by atoms with E-state index in [0.29, 0.717) is 0 Å². The Morgan fingerprint density at radius 3 is 2.70 bits per heavy atom. The number of carbonyl (C=O) groups excluding carboxylic acids is 1. The zero-order valence-corrected chi connectivity index (χ0v) is 13.3. The van der Waals surface area contributed by atoms with Gasteiger partial charge in [0, 0.05) is 22.4 Å². The Morgan fingerprint density at radius 2 is 1.96 bits per heavy atom. The molecule has 1 aliphatic rings. The molecule has 2 aromatic carbocycles. The lowest BCUT2D eigenvalue weighted by Crippen LogP contribution is -2.03. The van der Waals surface area contributed by atoms with E-state index in [9.17, 15) is 4.79 Å². The smallest absolute Gasteiger partial charge is 0.168 e. The maximum Gasteiger partial charge on any atom is 0.168 e. The average molecular weight is 305 g/mol. The summed E-state index contributed by atoms with van der Waals surface area (Å²) in [6, 6.07) is 14.1. The molecular formula is C20H19NO2. The van der Waals surface area contributed by atoms with Gasteiger partial charge in [0.05, 0.1) is 18.4 Å². The minimum Gasteiger partial charge on any atom is -0.496 e. The molecule has 1 aromatic heterocycles. The molecule has 0 amide bonds. The molecule has 3 nitrogen and oxygen atoms in total. The van der Waals surface area contributed by atoms with E-state index in [1.807, 2.05) is 30.3 Å². The summed E-state index contributed by atoms with van der Waals surface area (Å²) in [5.41, 5.74) is 4.79. The van der Waals surface area contributed by atoms with Gasteiger partial charge in [0.15, 0.2) is 5.78 Å². The minimum absolute atomic E-state index is 0.183. The molecule has 1 heterocycles. The van der Waals surface area contributed by atoms with Crippen LogP contribution in [0.3, 0.4) is 0 Å². The van der Waals surface area contributed by atoms with Crippen LogP contribution < -0.4 is 4.74 Å². The first-order valence-electron chi connectivity index (χ1n) is 7.99. The van der Waals surface area contributed by atoms with Crippen LogP contribution in [-0.2, 0) is 0 Å². The molecule has 116 valence electrons. The highest BCUT2D eigenvalue weighted by molar-refractivity contribution is 6.15. The van der Waals surface area contributed by atoms with Gasteiger partial charge in [-0.2, -0.15) is 0 Å². The van der Waals surface area contributed by atoms with Crippen molar-refractivity contribution in [3.63, 3.8) is 0 Å². The maximum atomic E-state index is 12.9. The molecule has 0 bridgehead atoms. The molecule has 0 atom stereocenters. The second-order valence-electron chi connectivity index (χ2n) is 6.26. The van der Waals surface area contributed by atoms with E-state index >= 15 is 0 Å². The third-order valence-electron chi connectivity index (χ3n) is 4.52. The molecule has 1 fully saturated rings. The van der Waals surface area contributed by atoms with Gasteiger partial charge in [0.2, 0.25) is 0 Å². The highest BCUT2D eigenvalue weighted by Crippen LogP contribution is 2.41. The molecule has 0 radical (unpaired) electrons. The van der Waals surface area contributed by atoms with E-state index in [-0.39, 0.29) is 11.7 Å². The topological polar surface area (TPSA) is 42.1 Å². The van der Waals surface area contributed by atoms with Crippen LogP contribution in [0.1, 0.15) is 28.8 Å². The Bertz CT molecular complexity index is 903. The fraction of sp³-hybridized carbons (Fsp3) is 0.250. The van der Waals surface area contributed by atoms with Gasteiger partial charge in [0.25, 0.3) is 0 Å². The summed E-state index contributed by atoms with van der Waals surface area (Å²) >= 11 is 0. The number of ketones is 1. The fourth-order valence-electron chi connectivity index (χ4n) is 3.16. The molecule has 0 unspecified atom stereocenters. The summed E-state index contributed by atoms with van der Waals surface area (Å²) in [5.74, 6) is 1.21. The van der Waals surface area contributed by atoms with E-state index in [2.05, 4.69) is 24.0 Å². The summed E-state index contributed by atoms with van der Waals surface area (Å²) in [7, 11) is 1.66. The third-order valence-corrected chi connectivity index (χ3v) is 4.52. The Kier molecular flexibility index (Phi) is 3.22. The van der Waals surface area contributed by atoms with Crippen LogP contribution in [0.2, 0.25) is 0 Å². The van der Waals surface area contributed by atoms with Crippen LogP contribution in [0, 0.1) is 12.8 Å². The zero-order valence-electron chi connectivity index (χ0n) is 13.3. The summed E-state index contributed by atoms with van der Waals surface area (Å²) in [6.07, 6.45) is 2.01. The lowest BCUT2D eigenvalue weighted by molar-refractivity contribution is 0.0970. The highest BCUT2D eigenvalue weighted by atomic mass is 16.5. The quantitative estimate of drug-likeness (QED) is 0.707. The van der Waals surface area contributed by atoms with Crippen molar-refractivity contribution >= 4 is 16.7 Å². The summed E-state index contributed by atoms with van der Waals surface area (Å²) < 4.78 is 5.50. The Hall–Kier alpha value is -2.55. The van der Waals surface area contributed by atoms with Gasteiger partial charge in [-0.3, -0.25) is 4.79 Å². The Labute approximate surface area is 135 Å². The predicted octanol–water partition coefficient (Wildman–Crippen LogP) is 4.74. The number of para-hydroxylation sites is 1. The summed E-state index contributed by atoms with van der Waals surface area (Å²) in [5, 5.41) is 1.02. The van der Waals surface area contributed by atoms with E-state index in [1.54, 1.807) is 7.11 Å². The molecule has 23 heavy (non-hydrogen) atoms. The van der Waals surface area contributed by atoms with Crippen LogP contribution >= 0.6 is 0 Å². The van der Waals surface area contributed by atoms with Crippen LogP contribution in [0.4, 0.5) is 0 Å². The molecule has 3 aromatic rings. The van der Waals surface area contributed by atoms with E-state index < -0.39 is 0 Å². The summed E-state index contributed by atoms with van der Waals surface area (Å²) in [6.45, 7) is 2.06. The van der Waals surface area contributed by atoms with Crippen LogP contribution in [0.5, 0.6) is 5.75 Å². The first kappa shape index (κ1) is 14.1. The Morgan fingerprint density at radius 1 is 1.17 bits per heavy atom. The first-order valence-corrected chi connectivity index (χ1v) is 7.99. The monoisotopic (exact) mass is 305 g/mol. The zero-order chi connectivity index (χ0) is 16.0. The van der Waals surface area contributed by atoms with Gasteiger partial charge in [0.1, 0.15) is 5.75 Å². The lowest BCUT2D eigenvalue weighted by atomic mass is 9.98. The van der Waals surface area contributed by atoms with Crippen LogP contribution in [-0.4, -0.2) is 17.9 Å². The molecule has 4 rings (SSSR count). The van der Waals surface area contributed by atoms with Gasteiger partial charge in [-0.15, -0.1) is 0 Å².